The molecule has 1 N–H and O–H groups in total. The lowest BCUT2D eigenvalue weighted by molar-refractivity contribution is 0.0600. The molecule has 1 amide bonds. The highest BCUT2D eigenvalue weighted by molar-refractivity contribution is 7.20. The molecule has 1 aliphatic heterocycles. The van der Waals surface area contributed by atoms with Crippen LogP contribution in [0.5, 0.6) is 0 Å². The van der Waals surface area contributed by atoms with Crippen LogP contribution in [0.15, 0.2) is 29.1 Å². The van der Waals surface area contributed by atoms with Gasteiger partial charge >= 0.3 is 5.97 Å². The molecule has 0 bridgehead atoms. The maximum Gasteiger partial charge on any atom is 0.337 e. The summed E-state index contributed by atoms with van der Waals surface area (Å²) in [5.41, 5.74) is 1.56. The van der Waals surface area contributed by atoms with Crippen molar-refractivity contribution >= 4 is 39.1 Å². The van der Waals surface area contributed by atoms with Crippen molar-refractivity contribution in [2.75, 3.05) is 12.4 Å². The minimum atomic E-state index is -0.436. The minimum Gasteiger partial charge on any atom is -0.465 e. The summed E-state index contributed by atoms with van der Waals surface area (Å²) in [6, 6.07) is 6.46. The zero-order chi connectivity index (χ0) is 20.5. The molecule has 3 aromatic rings. The summed E-state index contributed by atoms with van der Waals surface area (Å²) in [7, 11) is 1.32. The third-order valence-electron chi connectivity index (χ3n) is 5.18. The maximum absolute atomic E-state index is 13.0. The summed E-state index contributed by atoms with van der Waals surface area (Å²) in [4.78, 5) is 43.2. The van der Waals surface area contributed by atoms with E-state index >= 15 is 0 Å². The van der Waals surface area contributed by atoms with Gasteiger partial charge < -0.3 is 10.1 Å². The number of nitrogens with zero attached hydrogens (tertiary/aromatic N) is 2. The lowest BCUT2D eigenvalue weighted by Gasteiger charge is -2.08. The van der Waals surface area contributed by atoms with Gasteiger partial charge in [-0.05, 0) is 49.6 Å². The Bertz CT molecular complexity index is 1160. The molecule has 3 heterocycles. The molecule has 0 saturated carbocycles. The third kappa shape index (κ3) is 3.55. The number of ether oxygens (including phenoxy) is 1. The van der Waals surface area contributed by atoms with Crippen LogP contribution >= 0.6 is 11.3 Å². The first-order valence-electron chi connectivity index (χ1n) is 9.52. The largest absolute Gasteiger partial charge is 0.465 e. The Morgan fingerprint density at radius 1 is 1.17 bits per heavy atom. The minimum absolute atomic E-state index is 0.0536. The molecule has 2 aromatic heterocycles. The summed E-state index contributed by atoms with van der Waals surface area (Å²) in [5, 5.41) is 3.36. The van der Waals surface area contributed by atoms with Crippen LogP contribution in [0.25, 0.3) is 10.2 Å². The lowest BCUT2D eigenvalue weighted by atomic mass is 10.2. The van der Waals surface area contributed by atoms with Crippen LogP contribution in [-0.2, 0) is 17.7 Å². The van der Waals surface area contributed by atoms with Gasteiger partial charge in [0.1, 0.15) is 10.7 Å². The molecule has 0 spiro atoms. The Hall–Kier alpha value is -3.00. The normalized spacial score (nSPS) is 13.6. The summed E-state index contributed by atoms with van der Waals surface area (Å²) in [6.07, 6.45) is 3.88. The van der Waals surface area contributed by atoms with Crippen LogP contribution < -0.4 is 10.9 Å². The number of thiophene rings is 1. The topological polar surface area (TPSA) is 90.3 Å². The summed E-state index contributed by atoms with van der Waals surface area (Å²) < 4.78 is 6.44. The number of nitrogens with one attached hydrogen (secondary N) is 1. The Kier molecular flexibility index (Phi) is 5.19. The lowest BCUT2D eigenvalue weighted by Crippen LogP contribution is -2.24. The molecule has 150 valence electrons. The molecule has 8 heteroatoms. The molecule has 7 nitrogen and oxygen atoms in total. The number of esters is 1. The predicted octanol–water partition coefficient (Wildman–Crippen LogP) is 3.53. The van der Waals surface area contributed by atoms with E-state index < -0.39 is 5.97 Å². The third-order valence-corrected chi connectivity index (χ3v) is 6.37. The van der Waals surface area contributed by atoms with Crippen molar-refractivity contribution in [1.82, 2.24) is 9.55 Å². The smallest absolute Gasteiger partial charge is 0.337 e. The quantitative estimate of drug-likeness (QED) is 0.666. The first-order chi connectivity index (χ1) is 14.0. The van der Waals surface area contributed by atoms with Gasteiger partial charge in [0.15, 0.2) is 0 Å². The Morgan fingerprint density at radius 3 is 2.66 bits per heavy atom. The molecule has 1 aromatic carbocycles. The van der Waals surface area contributed by atoms with Gasteiger partial charge in [-0.3, -0.25) is 14.2 Å². The van der Waals surface area contributed by atoms with Crippen LogP contribution in [0, 0.1) is 6.92 Å². The molecule has 4 rings (SSSR count). The molecule has 29 heavy (non-hydrogen) atoms. The molecular formula is C21H21N3O4S. The molecule has 0 radical (unpaired) electrons. The highest BCUT2D eigenvalue weighted by atomic mass is 32.1. The van der Waals surface area contributed by atoms with E-state index in [1.165, 1.54) is 18.4 Å². The monoisotopic (exact) mass is 411 g/mol. The number of benzene rings is 1. The van der Waals surface area contributed by atoms with Crippen LogP contribution in [-0.4, -0.2) is 28.5 Å². The van der Waals surface area contributed by atoms with Crippen molar-refractivity contribution in [3.63, 3.8) is 0 Å². The fourth-order valence-electron chi connectivity index (χ4n) is 3.62. The number of rotatable bonds is 3. The Balaban J connectivity index is 1.66. The van der Waals surface area contributed by atoms with Crippen molar-refractivity contribution in [3.8, 4) is 0 Å². The number of methoxy groups -OCH3 is 1. The van der Waals surface area contributed by atoms with E-state index in [0.29, 0.717) is 38.5 Å². The molecule has 0 fully saturated rings. The summed E-state index contributed by atoms with van der Waals surface area (Å²) >= 11 is 1.25. The van der Waals surface area contributed by atoms with E-state index in [0.717, 1.165) is 31.5 Å². The molecule has 1 aliphatic rings. The van der Waals surface area contributed by atoms with Crippen molar-refractivity contribution in [1.29, 1.82) is 0 Å². The van der Waals surface area contributed by atoms with E-state index in [9.17, 15) is 14.4 Å². The number of carbonyl (C=O) groups is 2. The maximum atomic E-state index is 13.0. The van der Waals surface area contributed by atoms with Crippen LogP contribution in [0.1, 0.15) is 50.7 Å². The van der Waals surface area contributed by atoms with E-state index in [2.05, 4.69) is 10.1 Å². The number of hydrogen-bond donors (Lipinski definition) is 1. The second-order valence-electron chi connectivity index (χ2n) is 7.05. The number of aromatic nitrogens is 2. The molecule has 0 saturated heterocycles. The number of fused-ring (bicyclic) bond motifs is 2. The fourth-order valence-corrected chi connectivity index (χ4v) is 4.71. The zero-order valence-electron chi connectivity index (χ0n) is 16.3. The van der Waals surface area contributed by atoms with E-state index in [4.69, 9.17) is 4.98 Å². The Labute approximate surface area is 171 Å². The van der Waals surface area contributed by atoms with Crippen molar-refractivity contribution in [2.24, 2.45) is 0 Å². The van der Waals surface area contributed by atoms with Crippen molar-refractivity contribution < 1.29 is 14.3 Å². The average Bonchev–Trinajstić information content (AvgIpc) is 2.89. The van der Waals surface area contributed by atoms with Crippen molar-refractivity contribution in [3.05, 3.63) is 56.4 Å². The number of hydrogen-bond acceptors (Lipinski definition) is 6. The average molecular weight is 411 g/mol. The molecule has 0 aliphatic carbocycles. The highest BCUT2D eigenvalue weighted by Crippen LogP contribution is 2.29. The van der Waals surface area contributed by atoms with Gasteiger partial charge in [-0.25, -0.2) is 9.78 Å². The van der Waals surface area contributed by atoms with Gasteiger partial charge in [0.05, 0.1) is 22.9 Å². The SMILES string of the molecule is COC(=O)c1ccc(NC(=O)c2sc3nc4n(c(=O)c3c2C)CCCCC4)cc1. The molecular weight excluding hydrogens is 390 g/mol. The zero-order valence-corrected chi connectivity index (χ0v) is 17.1. The van der Waals surface area contributed by atoms with Gasteiger partial charge in [0.25, 0.3) is 11.5 Å². The number of anilines is 1. The standard InChI is InChI=1S/C21H21N3O4S/c1-12-16-19(23-15-6-4-3-5-11-24(15)20(16)26)29-17(12)18(25)22-14-9-7-13(8-10-14)21(27)28-2/h7-10H,3-6,11H2,1-2H3,(H,22,25). The first kappa shape index (κ1) is 19.3. The first-order valence-corrected chi connectivity index (χ1v) is 10.3. The van der Waals surface area contributed by atoms with Crippen LogP contribution in [0.3, 0.4) is 0 Å². The van der Waals surface area contributed by atoms with E-state index in [1.54, 1.807) is 35.8 Å². The Morgan fingerprint density at radius 2 is 1.93 bits per heavy atom. The summed E-state index contributed by atoms with van der Waals surface area (Å²) in [6.45, 7) is 2.47. The van der Waals surface area contributed by atoms with Gasteiger partial charge in [0, 0.05) is 18.7 Å². The molecule has 0 atom stereocenters. The fraction of sp³-hybridized carbons (Fsp3) is 0.333. The van der Waals surface area contributed by atoms with Gasteiger partial charge in [-0.2, -0.15) is 0 Å². The van der Waals surface area contributed by atoms with Gasteiger partial charge in [0.2, 0.25) is 0 Å². The number of carbonyl (C=O) groups excluding carboxylic acids is 2. The van der Waals surface area contributed by atoms with Crippen LogP contribution in [0.4, 0.5) is 5.69 Å². The second-order valence-corrected chi connectivity index (χ2v) is 8.05. The van der Waals surface area contributed by atoms with Gasteiger partial charge in [-0.15, -0.1) is 11.3 Å². The van der Waals surface area contributed by atoms with Crippen molar-refractivity contribution in [2.45, 2.75) is 39.2 Å². The highest BCUT2D eigenvalue weighted by Gasteiger charge is 2.22. The summed E-state index contributed by atoms with van der Waals surface area (Å²) in [5.74, 6) is 0.0806. The second kappa shape index (κ2) is 7.79. The van der Waals surface area contributed by atoms with E-state index in [1.807, 2.05) is 0 Å². The van der Waals surface area contributed by atoms with Gasteiger partial charge in [-0.1, -0.05) is 6.42 Å². The number of aryl methyl sites for hydroxylation is 2. The van der Waals surface area contributed by atoms with E-state index in [-0.39, 0.29) is 11.5 Å². The number of amides is 1. The molecule has 0 unspecified atom stereocenters. The predicted molar refractivity (Wildman–Crippen MR) is 112 cm³/mol. The van der Waals surface area contributed by atoms with Crippen LogP contribution in [0.2, 0.25) is 0 Å².